The van der Waals surface area contributed by atoms with Crippen LogP contribution in [0.4, 0.5) is 11.5 Å². The van der Waals surface area contributed by atoms with E-state index in [2.05, 4.69) is 181 Å². The summed E-state index contributed by atoms with van der Waals surface area (Å²) in [7, 11) is 0. The summed E-state index contributed by atoms with van der Waals surface area (Å²) in [5.41, 5.74) is 7.75. The van der Waals surface area contributed by atoms with Gasteiger partial charge in [0.2, 0.25) is 0 Å². The second-order valence-electron chi connectivity index (χ2n) is 16.8. The number of benzene rings is 2. The van der Waals surface area contributed by atoms with E-state index >= 15 is 0 Å². The molecule has 6 heterocycles. The molecule has 0 amide bonds. The summed E-state index contributed by atoms with van der Waals surface area (Å²) in [6.07, 6.45) is 9.27. The largest absolute Gasteiger partial charge is 0.490 e. The first-order valence-corrected chi connectivity index (χ1v) is 22.9. The third kappa shape index (κ3) is 18.9. The van der Waals surface area contributed by atoms with Crippen LogP contribution < -0.4 is 20.1 Å². The summed E-state index contributed by atoms with van der Waals surface area (Å²) in [6.45, 7) is 29.5. The van der Waals surface area contributed by atoms with Gasteiger partial charge < -0.3 is 20.1 Å². The molecule has 0 atom stereocenters. The molecular formula is C53H73N5O2S. The van der Waals surface area contributed by atoms with Gasteiger partial charge in [-0.15, -0.1) is 11.3 Å². The van der Waals surface area contributed by atoms with Gasteiger partial charge in [-0.25, -0.2) is 4.98 Å². The highest BCUT2D eigenvalue weighted by atomic mass is 32.1. The number of nitrogens with one attached hydrogen (secondary N) is 2. The SMILES string of the molecule is CC(C)c1ccc2c(c1)OCCN2.CC(C)c1ccccc1.CC(C)c1cccnc1.CC(C)c1cccs1.CC(C)c1ccncc1.CC(C)c1cnc2c(c1)OCCN2. The molecule has 2 aromatic carbocycles. The van der Waals surface area contributed by atoms with Gasteiger partial charge in [0.1, 0.15) is 19.0 Å². The minimum atomic E-state index is 0.503. The molecule has 328 valence electrons. The van der Waals surface area contributed by atoms with Crippen molar-refractivity contribution in [2.24, 2.45) is 0 Å². The summed E-state index contributed by atoms with van der Waals surface area (Å²) in [5.74, 6) is 6.40. The van der Waals surface area contributed by atoms with Crippen LogP contribution in [0.2, 0.25) is 0 Å². The second-order valence-corrected chi connectivity index (χ2v) is 17.8. The van der Waals surface area contributed by atoms with E-state index in [4.69, 9.17) is 9.47 Å². The molecule has 0 saturated heterocycles. The third-order valence-corrected chi connectivity index (χ3v) is 11.0. The summed E-state index contributed by atoms with van der Waals surface area (Å²) >= 11 is 1.83. The molecule has 8 heteroatoms. The monoisotopic (exact) mass is 844 g/mol. The Morgan fingerprint density at radius 3 is 1.54 bits per heavy atom. The normalized spacial score (nSPS) is 12.1. The number of aromatic nitrogens is 3. The van der Waals surface area contributed by atoms with Crippen LogP contribution in [0.3, 0.4) is 0 Å². The maximum atomic E-state index is 5.55. The zero-order valence-electron chi connectivity index (χ0n) is 39.0. The average Bonchev–Trinajstić information content (AvgIpc) is 3.84. The van der Waals surface area contributed by atoms with Gasteiger partial charge in [-0.3, -0.25) is 9.97 Å². The van der Waals surface area contributed by atoms with Crippen molar-refractivity contribution in [3.63, 3.8) is 0 Å². The number of fused-ring (bicyclic) bond motifs is 2. The van der Waals surface area contributed by atoms with Crippen molar-refractivity contribution in [2.75, 3.05) is 36.9 Å². The van der Waals surface area contributed by atoms with Crippen molar-refractivity contribution in [1.29, 1.82) is 0 Å². The van der Waals surface area contributed by atoms with Crippen LogP contribution in [0.25, 0.3) is 0 Å². The molecule has 7 nitrogen and oxygen atoms in total. The van der Waals surface area contributed by atoms with Gasteiger partial charge >= 0.3 is 0 Å². The number of nitrogens with zero attached hydrogens (tertiary/aromatic N) is 3. The first-order valence-electron chi connectivity index (χ1n) is 22.0. The lowest BCUT2D eigenvalue weighted by molar-refractivity contribution is 0.321. The second kappa shape index (κ2) is 27.6. The number of hydrogen-bond acceptors (Lipinski definition) is 8. The molecule has 0 fully saturated rings. The van der Waals surface area contributed by atoms with Crippen LogP contribution in [-0.2, 0) is 0 Å². The Balaban J connectivity index is 0.000000197. The highest BCUT2D eigenvalue weighted by molar-refractivity contribution is 7.10. The predicted molar refractivity (Wildman–Crippen MR) is 262 cm³/mol. The zero-order chi connectivity index (χ0) is 44.6. The highest BCUT2D eigenvalue weighted by Gasteiger charge is 2.13. The van der Waals surface area contributed by atoms with Crippen LogP contribution in [0.5, 0.6) is 11.5 Å². The van der Waals surface area contributed by atoms with Crippen LogP contribution in [0, 0.1) is 0 Å². The standard InChI is InChI=1S/C11H15NO.C10H14N2O.C9H12.2C8H11N.C7H10S/c1-8(2)9-3-4-10-11(7-9)13-6-5-12-10;1-7(2)8-5-9-10(12-6-8)11-3-4-13-9;1-8(2)9-6-4-3-5-7-9;1-7(2)8-3-5-9-6-4-8;1-7(2)8-4-3-5-9-6-8;1-6(2)7-4-3-5-8-7/h3-4,7-8,12H,5-6H2,1-2H3;5-7H,3-4H2,1-2H3,(H,11,12);3-8H,1-2H3;2*3-7H,1-2H3;3-6H,1-2H3. The van der Waals surface area contributed by atoms with E-state index in [1.807, 2.05) is 60.4 Å². The van der Waals surface area contributed by atoms with E-state index in [0.29, 0.717) is 35.5 Å². The van der Waals surface area contributed by atoms with Crippen LogP contribution >= 0.6 is 11.3 Å². The summed E-state index contributed by atoms with van der Waals surface area (Å²) in [4.78, 5) is 13.7. The molecule has 0 aliphatic carbocycles. The Bertz CT molecular complexity index is 1850. The lowest BCUT2D eigenvalue weighted by atomic mass is 10.0. The van der Waals surface area contributed by atoms with Gasteiger partial charge in [-0.1, -0.05) is 132 Å². The Morgan fingerprint density at radius 2 is 1.05 bits per heavy atom. The first-order chi connectivity index (χ1) is 29.3. The fourth-order valence-electron chi connectivity index (χ4n) is 5.78. The van der Waals surface area contributed by atoms with Gasteiger partial charge in [-0.2, -0.15) is 0 Å². The number of thiophene rings is 1. The number of pyridine rings is 3. The van der Waals surface area contributed by atoms with E-state index in [1.54, 1.807) is 6.20 Å². The van der Waals surface area contributed by atoms with E-state index in [1.165, 1.54) is 32.7 Å². The smallest absolute Gasteiger partial charge is 0.168 e. The zero-order valence-corrected chi connectivity index (χ0v) is 39.8. The molecule has 61 heavy (non-hydrogen) atoms. The first kappa shape index (κ1) is 50.1. The Morgan fingerprint density at radius 1 is 0.475 bits per heavy atom. The van der Waals surface area contributed by atoms with E-state index in [0.717, 1.165) is 49.3 Å². The minimum absolute atomic E-state index is 0.503. The lowest BCUT2D eigenvalue weighted by Gasteiger charge is -2.20. The van der Waals surface area contributed by atoms with Gasteiger partial charge in [-0.05, 0) is 111 Å². The minimum Gasteiger partial charge on any atom is -0.490 e. The predicted octanol–water partition coefficient (Wildman–Crippen LogP) is 14.7. The maximum Gasteiger partial charge on any atom is 0.168 e. The molecule has 0 saturated carbocycles. The van der Waals surface area contributed by atoms with E-state index < -0.39 is 0 Å². The van der Waals surface area contributed by atoms with Crippen molar-refractivity contribution >= 4 is 22.8 Å². The van der Waals surface area contributed by atoms with Crippen molar-refractivity contribution in [3.05, 3.63) is 160 Å². The molecule has 0 radical (unpaired) electrons. The number of anilines is 2. The fraction of sp³-hybridized carbons (Fsp3) is 0.415. The lowest BCUT2D eigenvalue weighted by Crippen LogP contribution is -2.19. The number of ether oxygens (including phenoxy) is 2. The van der Waals surface area contributed by atoms with Crippen LogP contribution in [0.15, 0.2) is 127 Å². The summed E-state index contributed by atoms with van der Waals surface area (Å²) in [5, 5.41) is 8.62. The Hall–Kier alpha value is -5.21. The number of hydrogen-bond donors (Lipinski definition) is 2. The molecular weight excluding hydrogens is 771 g/mol. The van der Waals surface area contributed by atoms with Crippen LogP contribution in [0.1, 0.15) is 151 Å². The molecule has 6 aromatic rings. The van der Waals surface area contributed by atoms with Crippen molar-refractivity contribution in [2.45, 2.75) is 119 Å². The average molecular weight is 844 g/mol. The van der Waals surface area contributed by atoms with Gasteiger partial charge in [0.05, 0.1) is 12.2 Å². The third-order valence-electron chi connectivity index (χ3n) is 9.84. The van der Waals surface area contributed by atoms with Gasteiger partial charge in [0.25, 0.3) is 0 Å². The van der Waals surface area contributed by atoms with Crippen molar-refractivity contribution in [3.8, 4) is 11.5 Å². The highest BCUT2D eigenvalue weighted by Crippen LogP contribution is 2.31. The number of rotatable bonds is 6. The molecule has 2 aliphatic rings. The van der Waals surface area contributed by atoms with E-state index in [9.17, 15) is 0 Å². The fourth-order valence-corrected chi connectivity index (χ4v) is 6.53. The molecule has 0 spiro atoms. The summed E-state index contributed by atoms with van der Waals surface area (Å²) < 4.78 is 11.0. The molecule has 4 aromatic heterocycles. The Labute approximate surface area is 372 Å². The molecule has 2 N–H and O–H groups in total. The van der Waals surface area contributed by atoms with Crippen molar-refractivity contribution < 1.29 is 9.47 Å². The molecule has 0 bridgehead atoms. The van der Waals surface area contributed by atoms with E-state index in [-0.39, 0.29) is 0 Å². The maximum absolute atomic E-state index is 5.55. The molecule has 0 unspecified atom stereocenters. The summed E-state index contributed by atoms with van der Waals surface area (Å²) in [6, 6.07) is 31.4. The van der Waals surface area contributed by atoms with Gasteiger partial charge in [0.15, 0.2) is 11.6 Å². The topological polar surface area (TPSA) is 81.2 Å². The van der Waals surface area contributed by atoms with Crippen molar-refractivity contribution in [1.82, 2.24) is 15.0 Å². The van der Waals surface area contributed by atoms with Crippen LogP contribution in [-0.4, -0.2) is 41.3 Å². The Kier molecular flexibility index (Phi) is 22.7. The molecule has 8 rings (SSSR count). The molecule has 2 aliphatic heterocycles. The van der Waals surface area contributed by atoms with Gasteiger partial charge in [0, 0.05) is 42.4 Å². The quantitative estimate of drug-likeness (QED) is 0.173.